The summed E-state index contributed by atoms with van der Waals surface area (Å²) in [5, 5.41) is 12.4. The normalized spacial score (nSPS) is 27.1. The molecule has 4 N–H and O–H groups in total. The minimum atomic E-state index is -1.40. The largest absolute Gasteiger partial charge is 0.480 e. The number of aromatic nitrogens is 1. The number of nitrogens with one attached hydrogen (secondary N) is 1. The van der Waals surface area contributed by atoms with Crippen molar-refractivity contribution in [2.24, 2.45) is 16.6 Å². The number of aliphatic imine (C=N–C) groups is 1. The number of aliphatic carboxylic acids is 1. The Hall–Kier alpha value is -2.72. The van der Waals surface area contributed by atoms with E-state index >= 15 is 0 Å². The maximum absolute atomic E-state index is 14.8. The molecule has 4 rings (SSSR count). The van der Waals surface area contributed by atoms with E-state index in [4.69, 9.17) is 17.3 Å². The molecule has 2 heterocycles. The molecule has 1 unspecified atom stereocenters. The topological polar surface area (TPSA) is 118 Å². The van der Waals surface area contributed by atoms with E-state index in [0.717, 1.165) is 17.8 Å². The molecule has 1 saturated carbocycles. The van der Waals surface area contributed by atoms with Crippen molar-refractivity contribution >= 4 is 46.1 Å². The first kappa shape index (κ1) is 20.5. The van der Waals surface area contributed by atoms with Crippen LogP contribution in [0.1, 0.15) is 29.4 Å². The minimum Gasteiger partial charge on any atom is -0.480 e. The Kier molecular flexibility index (Phi) is 4.74. The van der Waals surface area contributed by atoms with Gasteiger partial charge in [0, 0.05) is 29.4 Å². The van der Waals surface area contributed by atoms with Crippen molar-refractivity contribution in [1.82, 2.24) is 4.98 Å². The lowest BCUT2D eigenvalue weighted by Crippen LogP contribution is -2.39. The molecular formula is C19H15ClF2N4O3S. The number of carbonyl (C=O) groups is 2. The number of carbonyl (C=O) groups excluding carboxylic acids is 1. The lowest BCUT2D eigenvalue weighted by atomic mass is 9.85. The van der Waals surface area contributed by atoms with Crippen molar-refractivity contribution in [3.63, 3.8) is 0 Å². The molecule has 1 fully saturated rings. The number of benzene rings is 1. The molecule has 30 heavy (non-hydrogen) atoms. The number of thioether (sulfide) groups is 1. The molecule has 1 aliphatic heterocycles. The first-order chi connectivity index (χ1) is 14.1. The van der Waals surface area contributed by atoms with E-state index in [1.165, 1.54) is 31.3 Å². The summed E-state index contributed by atoms with van der Waals surface area (Å²) in [4.78, 5) is 32.3. The zero-order valence-corrected chi connectivity index (χ0v) is 17.0. The Bertz CT molecular complexity index is 1110. The van der Waals surface area contributed by atoms with Crippen LogP contribution in [-0.2, 0) is 10.3 Å². The van der Waals surface area contributed by atoms with E-state index in [9.17, 15) is 23.5 Å². The zero-order chi connectivity index (χ0) is 21.8. The quantitative estimate of drug-likeness (QED) is 0.654. The summed E-state index contributed by atoms with van der Waals surface area (Å²) >= 11 is 6.66. The minimum absolute atomic E-state index is 0.0201. The number of amidine groups is 1. The van der Waals surface area contributed by atoms with Crippen molar-refractivity contribution in [2.75, 3.05) is 5.32 Å². The third-order valence-corrected chi connectivity index (χ3v) is 6.89. The summed E-state index contributed by atoms with van der Waals surface area (Å²) in [5.74, 6) is -4.70. The number of hydrogen-bond donors (Lipinski definition) is 3. The van der Waals surface area contributed by atoms with Gasteiger partial charge in [0.2, 0.25) is 0 Å². The summed E-state index contributed by atoms with van der Waals surface area (Å²) in [6, 6.07) is 4.92. The van der Waals surface area contributed by atoms with Gasteiger partial charge in [-0.15, -0.1) is 0 Å². The molecule has 1 aliphatic carbocycles. The maximum atomic E-state index is 14.8. The average molecular weight is 453 g/mol. The fourth-order valence-electron chi connectivity index (χ4n) is 3.79. The molecule has 156 valence electrons. The summed E-state index contributed by atoms with van der Waals surface area (Å²) in [6.45, 7) is 1.51. The second kappa shape index (κ2) is 6.92. The number of carboxylic acid groups (broad SMARTS) is 1. The third kappa shape index (κ3) is 3.20. The molecule has 0 radical (unpaired) electrons. The SMILES string of the molecule is C[C@]1(c2cc(NC(=O)c3ccc(Cl)cn3)cc(F)c2F)N=C(N)S[C@@]2(C(=O)O)CC21. The van der Waals surface area contributed by atoms with Gasteiger partial charge < -0.3 is 16.2 Å². The molecule has 1 aromatic carbocycles. The first-order valence-corrected chi connectivity index (χ1v) is 9.96. The Labute approximate surface area is 178 Å². The van der Waals surface area contributed by atoms with Crippen LogP contribution in [0, 0.1) is 17.6 Å². The van der Waals surface area contributed by atoms with Crippen LogP contribution in [-0.4, -0.2) is 31.9 Å². The third-order valence-electron chi connectivity index (χ3n) is 5.37. The van der Waals surface area contributed by atoms with Crippen LogP contribution in [0.15, 0.2) is 35.5 Å². The van der Waals surface area contributed by atoms with Crippen molar-refractivity contribution in [3.05, 3.63) is 58.4 Å². The van der Waals surface area contributed by atoms with E-state index in [0.29, 0.717) is 5.02 Å². The molecule has 11 heteroatoms. The zero-order valence-electron chi connectivity index (χ0n) is 15.4. The second-order valence-corrected chi connectivity index (χ2v) is 9.07. The van der Waals surface area contributed by atoms with Crippen LogP contribution in [0.25, 0.3) is 0 Å². The molecular weight excluding hydrogens is 438 g/mol. The molecule has 2 aromatic rings. The van der Waals surface area contributed by atoms with Crippen molar-refractivity contribution < 1.29 is 23.5 Å². The predicted molar refractivity (Wildman–Crippen MR) is 109 cm³/mol. The Balaban J connectivity index is 1.72. The highest BCUT2D eigenvalue weighted by Crippen LogP contribution is 2.66. The smallest absolute Gasteiger partial charge is 0.320 e. The molecule has 7 nitrogen and oxygen atoms in total. The molecule has 0 bridgehead atoms. The lowest BCUT2D eigenvalue weighted by Gasteiger charge is -2.33. The highest BCUT2D eigenvalue weighted by atomic mass is 35.5. The summed E-state index contributed by atoms with van der Waals surface area (Å²) < 4.78 is 28.0. The van der Waals surface area contributed by atoms with Gasteiger partial charge in [-0.2, -0.15) is 0 Å². The number of carboxylic acids is 1. The van der Waals surface area contributed by atoms with Gasteiger partial charge in [-0.25, -0.2) is 13.8 Å². The van der Waals surface area contributed by atoms with Gasteiger partial charge >= 0.3 is 5.97 Å². The molecule has 0 saturated heterocycles. The number of fused-ring (bicyclic) bond motifs is 1. The van der Waals surface area contributed by atoms with Gasteiger partial charge in [-0.05, 0) is 31.5 Å². The highest BCUT2D eigenvalue weighted by molar-refractivity contribution is 8.15. The van der Waals surface area contributed by atoms with Gasteiger partial charge in [-0.3, -0.25) is 14.6 Å². The highest BCUT2D eigenvalue weighted by Gasteiger charge is 2.71. The number of rotatable bonds is 4. The summed E-state index contributed by atoms with van der Waals surface area (Å²) in [7, 11) is 0. The standard InChI is InChI=1S/C19H15ClF2N4O3S/c1-18(13-6-19(13,16(28)29)30-17(23)26-18)10-4-9(5-11(21)14(10)22)25-15(27)12-3-2-8(20)7-24-12/h2-5,7,13H,6H2,1H3,(H2,23,26)(H,25,27)(H,28,29)/t13?,18-,19+/m1/s1. The number of hydrogen-bond acceptors (Lipinski definition) is 6. The van der Waals surface area contributed by atoms with Gasteiger partial charge in [0.05, 0.1) is 10.6 Å². The van der Waals surface area contributed by atoms with Crippen LogP contribution in [0.4, 0.5) is 14.5 Å². The molecule has 3 atom stereocenters. The molecule has 0 spiro atoms. The van der Waals surface area contributed by atoms with Crippen LogP contribution < -0.4 is 11.1 Å². The van der Waals surface area contributed by atoms with Crippen LogP contribution >= 0.6 is 23.4 Å². The number of anilines is 1. The number of nitrogens with zero attached hydrogens (tertiary/aromatic N) is 2. The number of amides is 1. The van der Waals surface area contributed by atoms with E-state index in [-0.39, 0.29) is 28.5 Å². The fourth-order valence-corrected chi connectivity index (χ4v) is 5.22. The van der Waals surface area contributed by atoms with Gasteiger partial charge in [0.25, 0.3) is 5.91 Å². The van der Waals surface area contributed by atoms with Crippen molar-refractivity contribution in [2.45, 2.75) is 23.6 Å². The second-order valence-electron chi connectivity index (χ2n) is 7.29. The Morgan fingerprint density at radius 3 is 2.73 bits per heavy atom. The van der Waals surface area contributed by atoms with Crippen LogP contribution in [0.2, 0.25) is 5.02 Å². The fraction of sp³-hybridized carbons (Fsp3) is 0.263. The van der Waals surface area contributed by atoms with Gasteiger partial charge in [-0.1, -0.05) is 23.4 Å². The molecule has 2 aliphatic rings. The first-order valence-electron chi connectivity index (χ1n) is 8.77. The van der Waals surface area contributed by atoms with E-state index in [1.54, 1.807) is 0 Å². The number of halogens is 3. The lowest BCUT2D eigenvalue weighted by molar-refractivity contribution is -0.137. The van der Waals surface area contributed by atoms with Gasteiger partial charge in [0.1, 0.15) is 10.4 Å². The Morgan fingerprint density at radius 1 is 1.37 bits per heavy atom. The van der Waals surface area contributed by atoms with Crippen LogP contribution in [0.5, 0.6) is 0 Å². The van der Waals surface area contributed by atoms with E-state index in [2.05, 4.69) is 15.3 Å². The predicted octanol–water partition coefficient (Wildman–Crippen LogP) is 3.39. The maximum Gasteiger partial charge on any atom is 0.320 e. The summed E-state index contributed by atoms with van der Waals surface area (Å²) in [6.07, 6.45) is 1.49. The van der Waals surface area contributed by atoms with Crippen LogP contribution in [0.3, 0.4) is 0 Å². The monoisotopic (exact) mass is 452 g/mol. The number of pyridine rings is 1. The summed E-state index contributed by atoms with van der Waals surface area (Å²) in [5.41, 5.74) is 4.24. The molecule has 1 amide bonds. The van der Waals surface area contributed by atoms with Gasteiger partial charge in [0.15, 0.2) is 16.8 Å². The van der Waals surface area contributed by atoms with E-state index < -0.39 is 39.7 Å². The Morgan fingerprint density at radius 2 is 2.10 bits per heavy atom. The van der Waals surface area contributed by atoms with Crippen molar-refractivity contribution in [3.8, 4) is 0 Å². The van der Waals surface area contributed by atoms with E-state index in [1.807, 2.05) is 0 Å². The number of nitrogens with two attached hydrogens (primary N) is 1. The average Bonchev–Trinajstić information content (AvgIpc) is 3.42. The van der Waals surface area contributed by atoms with Crippen molar-refractivity contribution in [1.29, 1.82) is 0 Å². The molecule has 1 aromatic heterocycles.